The number of alkyl halides is 1. The second-order valence-corrected chi connectivity index (χ2v) is 6.98. The van der Waals surface area contributed by atoms with E-state index in [2.05, 4.69) is 17.4 Å². The van der Waals surface area contributed by atoms with Crippen molar-refractivity contribution in [3.05, 3.63) is 34.9 Å². The number of nitrogens with one attached hydrogen (secondary N) is 1. The molecule has 3 heteroatoms. The Kier molecular flexibility index (Phi) is 4.54. The Balaban J connectivity index is 1.63. The number of fused-ring (bicyclic) bond motifs is 1. The van der Waals surface area contributed by atoms with Gasteiger partial charge < -0.3 is 5.32 Å². The number of rotatable bonds is 4. The van der Waals surface area contributed by atoms with E-state index in [1.54, 1.807) is 0 Å². The fourth-order valence-electron chi connectivity index (χ4n) is 3.74. The lowest BCUT2D eigenvalue weighted by Crippen LogP contribution is -2.40. The summed E-state index contributed by atoms with van der Waals surface area (Å²) in [5.74, 6) is 0.706. The highest BCUT2D eigenvalue weighted by molar-refractivity contribution is 6.18. The van der Waals surface area contributed by atoms with Gasteiger partial charge in [0.1, 0.15) is 0 Å². The van der Waals surface area contributed by atoms with E-state index in [-0.39, 0.29) is 11.3 Å². The first kappa shape index (κ1) is 14.9. The SMILES string of the molecule is O=C(NCC1(CCl)CCCCC1)c1ccc2c(c1)CCC2. The molecular formula is C18H24ClNO. The van der Waals surface area contributed by atoms with Gasteiger partial charge in [0.25, 0.3) is 5.91 Å². The summed E-state index contributed by atoms with van der Waals surface area (Å²) in [5, 5.41) is 3.13. The summed E-state index contributed by atoms with van der Waals surface area (Å²) in [5.41, 5.74) is 3.69. The Morgan fingerprint density at radius 2 is 1.86 bits per heavy atom. The molecule has 0 spiro atoms. The number of carbonyl (C=O) groups excluding carboxylic acids is 1. The highest BCUT2D eigenvalue weighted by atomic mass is 35.5. The molecule has 1 saturated carbocycles. The topological polar surface area (TPSA) is 29.1 Å². The van der Waals surface area contributed by atoms with Crippen molar-refractivity contribution < 1.29 is 4.79 Å². The quantitative estimate of drug-likeness (QED) is 0.834. The molecule has 21 heavy (non-hydrogen) atoms. The van der Waals surface area contributed by atoms with Crippen molar-refractivity contribution in [2.75, 3.05) is 12.4 Å². The van der Waals surface area contributed by atoms with Crippen LogP contribution in [-0.4, -0.2) is 18.3 Å². The first-order chi connectivity index (χ1) is 10.2. The normalized spacial score (nSPS) is 20.0. The van der Waals surface area contributed by atoms with Gasteiger partial charge in [-0.1, -0.05) is 25.3 Å². The van der Waals surface area contributed by atoms with Crippen LogP contribution in [0.25, 0.3) is 0 Å². The van der Waals surface area contributed by atoms with Crippen molar-refractivity contribution in [3.63, 3.8) is 0 Å². The van der Waals surface area contributed by atoms with Crippen molar-refractivity contribution in [2.45, 2.75) is 51.4 Å². The summed E-state index contributed by atoms with van der Waals surface area (Å²) in [7, 11) is 0. The Hall–Kier alpha value is -1.02. The van der Waals surface area contributed by atoms with Gasteiger partial charge in [0, 0.05) is 23.4 Å². The predicted molar refractivity (Wildman–Crippen MR) is 87.0 cm³/mol. The van der Waals surface area contributed by atoms with Crippen LogP contribution in [0, 0.1) is 5.41 Å². The molecule has 0 aliphatic heterocycles. The van der Waals surface area contributed by atoms with Crippen LogP contribution in [0.1, 0.15) is 60.0 Å². The number of halogens is 1. The molecular weight excluding hydrogens is 282 g/mol. The molecule has 114 valence electrons. The molecule has 1 aromatic carbocycles. The lowest BCUT2D eigenvalue weighted by atomic mass is 9.75. The molecule has 0 bridgehead atoms. The zero-order chi connectivity index (χ0) is 14.7. The van der Waals surface area contributed by atoms with Crippen LogP contribution in [0.4, 0.5) is 0 Å². The highest BCUT2D eigenvalue weighted by Gasteiger charge is 2.31. The van der Waals surface area contributed by atoms with Crippen molar-refractivity contribution in [1.82, 2.24) is 5.32 Å². The predicted octanol–water partition coefficient (Wildman–Crippen LogP) is 4.09. The van der Waals surface area contributed by atoms with E-state index in [9.17, 15) is 4.79 Å². The third-order valence-electron chi connectivity index (χ3n) is 5.18. The lowest BCUT2D eigenvalue weighted by molar-refractivity contribution is 0.0921. The second kappa shape index (κ2) is 6.39. The number of hydrogen-bond donors (Lipinski definition) is 1. The minimum atomic E-state index is 0.0553. The zero-order valence-electron chi connectivity index (χ0n) is 12.6. The average molecular weight is 306 g/mol. The van der Waals surface area contributed by atoms with E-state index in [1.807, 2.05) is 6.07 Å². The number of aryl methyl sites for hydroxylation is 2. The summed E-state index contributed by atoms with van der Waals surface area (Å²) < 4.78 is 0. The fraction of sp³-hybridized carbons (Fsp3) is 0.611. The molecule has 2 aliphatic rings. The van der Waals surface area contributed by atoms with Gasteiger partial charge >= 0.3 is 0 Å². The second-order valence-electron chi connectivity index (χ2n) is 6.71. The van der Waals surface area contributed by atoms with Crippen LogP contribution in [0.5, 0.6) is 0 Å². The summed E-state index contributed by atoms with van der Waals surface area (Å²) in [4.78, 5) is 12.4. The van der Waals surface area contributed by atoms with E-state index < -0.39 is 0 Å². The molecule has 0 aromatic heterocycles. The lowest BCUT2D eigenvalue weighted by Gasteiger charge is -2.35. The Morgan fingerprint density at radius 3 is 2.62 bits per heavy atom. The molecule has 2 aliphatic carbocycles. The zero-order valence-corrected chi connectivity index (χ0v) is 13.3. The molecule has 0 saturated heterocycles. The van der Waals surface area contributed by atoms with Crippen molar-refractivity contribution in [1.29, 1.82) is 0 Å². The van der Waals surface area contributed by atoms with Crippen LogP contribution in [0.2, 0.25) is 0 Å². The number of carbonyl (C=O) groups is 1. The molecule has 0 radical (unpaired) electrons. The molecule has 0 atom stereocenters. The maximum Gasteiger partial charge on any atom is 0.251 e. The van der Waals surface area contributed by atoms with Gasteiger partial charge in [-0.05, 0) is 55.4 Å². The molecule has 1 aromatic rings. The maximum absolute atomic E-state index is 12.4. The summed E-state index contributed by atoms with van der Waals surface area (Å²) >= 11 is 6.19. The largest absolute Gasteiger partial charge is 0.351 e. The molecule has 3 rings (SSSR count). The van der Waals surface area contributed by atoms with Crippen LogP contribution < -0.4 is 5.32 Å². The van der Waals surface area contributed by atoms with Gasteiger partial charge in [-0.2, -0.15) is 0 Å². The molecule has 1 fully saturated rings. The van der Waals surface area contributed by atoms with Gasteiger partial charge in [0.2, 0.25) is 0 Å². The van der Waals surface area contributed by atoms with Crippen molar-refractivity contribution in [3.8, 4) is 0 Å². The summed E-state index contributed by atoms with van der Waals surface area (Å²) in [6, 6.07) is 6.16. The number of amides is 1. The van der Waals surface area contributed by atoms with E-state index in [0.29, 0.717) is 12.4 Å². The minimum absolute atomic E-state index is 0.0553. The van der Waals surface area contributed by atoms with Gasteiger partial charge in [-0.15, -0.1) is 11.6 Å². The van der Waals surface area contributed by atoms with Crippen LogP contribution in [0.15, 0.2) is 18.2 Å². The summed E-state index contributed by atoms with van der Waals surface area (Å²) in [6.07, 6.45) is 9.55. The Labute approximate surface area is 132 Å². The van der Waals surface area contributed by atoms with Gasteiger partial charge in [-0.25, -0.2) is 0 Å². The molecule has 1 N–H and O–H groups in total. The first-order valence-corrected chi connectivity index (χ1v) is 8.72. The minimum Gasteiger partial charge on any atom is -0.351 e. The van der Waals surface area contributed by atoms with E-state index in [4.69, 9.17) is 11.6 Å². The molecule has 0 heterocycles. The third kappa shape index (κ3) is 3.26. The first-order valence-electron chi connectivity index (χ1n) is 8.18. The van der Waals surface area contributed by atoms with E-state index in [1.165, 1.54) is 36.8 Å². The number of hydrogen-bond acceptors (Lipinski definition) is 1. The van der Waals surface area contributed by atoms with Crippen molar-refractivity contribution in [2.24, 2.45) is 5.41 Å². The standard InChI is InChI=1S/C18H24ClNO/c19-12-18(9-2-1-3-10-18)13-20-17(21)16-8-7-14-5-4-6-15(14)11-16/h7-8,11H,1-6,9-10,12-13H2,(H,20,21). The maximum atomic E-state index is 12.4. The Morgan fingerprint density at radius 1 is 1.10 bits per heavy atom. The van der Waals surface area contributed by atoms with Crippen LogP contribution in [-0.2, 0) is 12.8 Å². The smallest absolute Gasteiger partial charge is 0.251 e. The number of benzene rings is 1. The molecule has 0 unspecified atom stereocenters. The van der Waals surface area contributed by atoms with Crippen LogP contribution >= 0.6 is 11.6 Å². The van der Waals surface area contributed by atoms with Crippen molar-refractivity contribution >= 4 is 17.5 Å². The van der Waals surface area contributed by atoms with Gasteiger partial charge in [0.05, 0.1) is 0 Å². The summed E-state index contributed by atoms with van der Waals surface area (Å²) in [6.45, 7) is 0.715. The van der Waals surface area contributed by atoms with E-state index >= 15 is 0 Å². The molecule has 1 amide bonds. The van der Waals surface area contributed by atoms with E-state index in [0.717, 1.165) is 31.2 Å². The average Bonchev–Trinajstić information content (AvgIpc) is 3.01. The van der Waals surface area contributed by atoms with Crippen LogP contribution in [0.3, 0.4) is 0 Å². The fourth-order valence-corrected chi connectivity index (χ4v) is 4.10. The van der Waals surface area contributed by atoms with Gasteiger partial charge in [0.15, 0.2) is 0 Å². The Bertz CT molecular complexity index is 520. The molecule has 2 nitrogen and oxygen atoms in total. The highest BCUT2D eigenvalue weighted by Crippen LogP contribution is 2.36. The van der Waals surface area contributed by atoms with Gasteiger partial charge in [-0.3, -0.25) is 4.79 Å². The monoisotopic (exact) mass is 305 g/mol. The third-order valence-corrected chi connectivity index (χ3v) is 5.75.